The lowest BCUT2D eigenvalue weighted by Gasteiger charge is -2.42. The number of methoxy groups -OCH3 is 1. The van der Waals surface area contributed by atoms with Gasteiger partial charge in [-0.05, 0) is 64.5 Å². The van der Waals surface area contributed by atoms with Crippen LogP contribution in [0, 0.1) is 27.9 Å². The first-order valence-corrected chi connectivity index (χ1v) is 13.3. The van der Waals surface area contributed by atoms with Gasteiger partial charge in [-0.15, -0.1) is 0 Å². The van der Waals surface area contributed by atoms with E-state index in [2.05, 4.69) is 15.9 Å². The molecule has 2 aromatic carbocycles. The molecule has 4 aliphatic rings. The van der Waals surface area contributed by atoms with E-state index in [0.717, 1.165) is 10.5 Å². The first-order chi connectivity index (χ1) is 19.1. The van der Waals surface area contributed by atoms with E-state index in [1.807, 2.05) is 6.08 Å². The van der Waals surface area contributed by atoms with Crippen LogP contribution in [0.15, 0.2) is 75.8 Å². The number of ketones is 2. The zero-order valence-corrected chi connectivity index (χ0v) is 22.6. The average Bonchev–Trinajstić information content (AvgIpc) is 3.20. The lowest BCUT2D eigenvalue weighted by atomic mass is 9.59. The number of nitro groups is 1. The molecule has 40 heavy (non-hydrogen) atoms. The van der Waals surface area contributed by atoms with Gasteiger partial charge in [0.25, 0.3) is 5.69 Å². The van der Waals surface area contributed by atoms with Crippen molar-refractivity contribution >= 4 is 50.7 Å². The van der Waals surface area contributed by atoms with Gasteiger partial charge in [0.2, 0.25) is 11.8 Å². The third-order valence-corrected chi connectivity index (χ3v) is 8.78. The van der Waals surface area contributed by atoms with Crippen molar-refractivity contribution in [2.45, 2.75) is 18.8 Å². The van der Waals surface area contributed by atoms with Crippen molar-refractivity contribution in [3.63, 3.8) is 0 Å². The molecule has 0 bridgehead atoms. The van der Waals surface area contributed by atoms with Crippen LogP contribution in [0.1, 0.15) is 24.3 Å². The number of phenolic OH excluding ortho intramolecular Hbond substituents is 1. The van der Waals surface area contributed by atoms with E-state index >= 15 is 0 Å². The second-order valence-electron chi connectivity index (χ2n) is 10.1. The number of hydrogen-bond acceptors (Lipinski definition) is 8. The second-order valence-corrected chi connectivity index (χ2v) is 11.0. The highest BCUT2D eigenvalue weighted by Gasteiger charge is 2.56. The molecule has 6 rings (SSSR count). The van der Waals surface area contributed by atoms with E-state index in [4.69, 9.17) is 4.74 Å². The molecule has 11 heteroatoms. The molecule has 1 aliphatic heterocycles. The summed E-state index contributed by atoms with van der Waals surface area (Å²) in [4.78, 5) is 65.6. The first kappa shape index (κ1) is 25.9. The summed E-state index contributed by atoms with van der Waals surface area (Å²) in [6.07, 6.45) is 3.49. The minimum Gasteiger partial charge on any atom is -0.504 e. The van der Waals surface area contributed by atoms with Gasteiger partial charge in [0.05, 0.1) is 34.0 Å². The molecule has 0 aromatic heterocycles. The van der Waals surface area contributed by atoms with Crippen LogP contribution < -0.4 is 9.64 Å². The Morgan fingerprint density at radius 1 is 1.05 bits per heavy atom. The highest BCUT2D eigenvalue weighted by atomic mass is 79.9. The highest BCUT2D eigenvalue weighted by molar-refractivity contribution is 9.12. The molecule has 202 valence electrons. The number of nitrogens with zero attached hydrogens (tertiary/aromatic N) is 2. The van der Waals surface area contributed by atoms with Gasteiger partial charge >= 0.3 is 0 Å². The van der Waals surface area contributed by atoms with Gasteiger partial charge in [0.1, 0.15) is 0 Å². The topological polar surface area (TPSA) is 144 Å². The van der Waals surface area contributed by atoms with Crippen LogP contribution in [-0.4, -0.2) is 40.5 Å². The molecule has 3 aliphatic carbocycles. The number of aromatic hydroxyl groups is 1. The van der Waals surface area contributed by atoms with Crippen LogP contribution in [0.3, 0.4) is 0 Å². The van der Waals surface area contributed by atoms with Crippen molar-refractivity contribution in [2.24, 2.45) is 17.8 Å². The Kier molecular flexibility index (Phi) is 6.06. The summed E-state index contributed by atoms with van der Waals surface area (Å²) in [5, 5.41) is 21.3. The zero-order chi connectivity index (χ0) is 28.5. The molecule has 4 atom stereocenters. The SMILES string of the molecule is COc1cc(C2C3=CCC4C(=O)N(c5ccc([N+](=O)[O-])cc5)C(=O)C4C3CC3=C2C(=O)C=C(Br)C3=O)ccc1O. The smallest absolute Gasteiger partial charge is 0.269 e. The van der Waals surface area contributed by atoms with Crippen molar-refractivity contribution in [1.29, 1.82) is 0 Å². The Balaban J connectivity index is 1.46. The molecule has 0 radical (unpaired) electrons. The van der Waals surface area contributed by atoms with E-state index in [-0.39, 0.29) is 57.3 Å². The summed E-state index contributed by atoms with van der Waals surface area (Å²) in [6.45, 7) is 0. The van der Waals surface area contributed by atoms with Gasteiger partial charge in [0, 0.05) is 35.3 Å². The monoisotopic (exact) mass is 604 g/mol. The predicted molar refractivity (Wildman–Crippen MR) is 145 cm³/mol. The molecule has 1 N–H and O–H groups in total. The molecular weight excluding hydrogens is 584 g/mol. The number of non-ortho nitro benzene ring substituents is 1. The third kappa shape index (κ3) is 3.75. The van der Waals surface area contributed by atoms with Crippen molar-refractivity contribution in [1.82, 2.24) is 0 Å². The Morgan fingerprint density at radius 2 is 1.77 bits per heavy atom. The fourth-order valence-corrected chi connectivity index (χ4v) is 6.88. The Labute approximate surface area is 235 Å². The second kappa shape index (κ2) is 9.37. The number of fused-ring (bicyclic) bond motifs is 3. The van der Waals surface area contributed by atoms with E-state index in [1.165, 1.54) is 43.5 Å². The maximum atomic E-state index is 13.9. The number of anilines is 1. The number of Topliss-reactive ketones (excluding diaryl/α,β-unsaturated/α-hetero) is 1. The first-order valence-electron chi connectivity index (χ1n) is 12.5. The Morgan fingerprint density at radius 3 is 2.45 bits per heavy atom. The normalized spacial score (nSPS) is 25.7. The minimum absolute atomic E-state index is 0.0884. The van der Waals surface area contributed by atoms with Gasteiger partial charge in [-0.1, -0.05) is 17.7 Å². The lowest BCUT2D eigenvalue weighted by Crippen LogP contribution is -2.39. The molecule has 1 fully saturated rings. The number of halogens is 1. The number of amides is 2. The molecule has 0 saturated carbocycles. The van der Waals surface area contributed by atoms with Crippen LogP contribution in [0.4, 0.5) is 11.4 Å². The number of nitro benzene ring substituents is 1. The largest absolute Gasteiger partial charge is 0.504 e. The number of phenols is 1. The van der Waals surface area contributed by atoms with Crippen molar-refractivity contribution in [3.8, 4) is 11.5 Å². The summed E-state index contributed by atoms with van der Waals surface area (Å²) in [5.74, 6) is -4.13. The molecule has 4 unspecified atom stereocenters. The number of hydrogen-bond donors (Lipinski definition) is 1. The highest BCUT2D eigenvalue weighted by Crippen LogP contribution is 2.56. The number of benzene rings is 2. The van der Waals surface area contributed by atoms with Gasteiger partial charge in [-0.3, -0.25) is 34.2 Å². The molecular formula is C29H21BrN2O8. The minimum atomic E-state index is -0.786. The molecule has 2 aromatic rings. The molecule has 1 saturated heterocycles. The fourth-order valence-electron chi connectivity index (χ4n) is 6.44. The van der Waals surface area contributed by atoms with E-state index in [9.17, 15) is 34.4 Å². The van der Waals surface area contributed by atoms with E-state index < -0.39 is 40.4 Å². The summed E-state index contributed by atoms with van der Waals surface area (Å²) >= 11 is 3.20. The van der Waals surface area contributed by atoms with E-state index in [0.29, 0.717) is 11.1 Å². The number of carbonyl (C=O) groups is 4. The molecule has 2 amide bonds. The number of imide groups is 1. The third-order valence-electron chi connectivity index (χ3n) is 8.19. The summed E-state index contributed by atoms with van der Waals surface area (Å²) < 4.78 is 5.42. The summed E-state index contributed by atoms with van der Waals surface area (Å²) in [6, 6.07) is 9.93. The van der Waals surface area contributed by atoms with E-state index in [1.54, 1.807) is 12.1 Å². The van der Waals surface area contributed by atoms with Crippen molar-refractivity contribution in [3.05, 3.63) is 91.5 Å². The number of ether oxygens (including phenoxy) is 1. The standard InChI is InChI=1S/C29H21BrN2O8/c1-40-23-10-13(2-9-21(23)33)24-16-7-8-17-25(18(16)11-19-26(24)22(34)12-20(30)27(19)35)29(37)31(28(17)36)14-3-5-15(6-4-14)32(38)39/h2-7,9-10,12,17-18,24-25,33H,8,11H2,1H3. The van der Waals surface area contributed by atoms with Crippen molar-refractivity contribution < 1.29 is 33.9 Å². The Bertz CT molecular complexity index is 1640. The average molecular weight is 605 g/mol. The van der Waals surface area contributed by atoms with Crippen LogP contribution in [0.2, 0.25) is 0 Å². The van der Waals surface area contributed by atoms with Gasteiger partial charge < -0.3 is 9.84 Å². The fraction of sp³-hybridized carbons (Fsp3) is 0.241. The van der Waals surface area contributed by atoms with Crippen LogP contribution in [0.25, 0.3) is 0 Å². The summed E-state index contributed by atoms with van der Waals surface area (Å²) in [7, 11) is 1.41. The summed E-state index contributed by atoms with van der Waals surface area (Å²) in [5.41, 5.74) is 2.03. The molecule has 0 spiro atoms. The van der Waals surface area contributed by atoms with Crippen LogP contribution in [0.5, 0.6) is 11.5 Å². The quantitative estimate of drug-likeness (QED) is 0.179. The predicted octanol–water partition coefficient (Wildman–Crippen LogP) is 4.28. The Hall–Kier alpha value is -4.38. The molecule has 1 heterocycles. The number of rotatable bonds is 4. The van der Waals surface area contributed by atoms with Gasteiger partial charge in [-0.2, -0.15) is 0 Å². The van der Waals surface area contributed by atoms with Crippen LogP contribution in [-0.2, 0) is 19.2 Å². The lowest BCUT2D eigenvalue weighted by molar-refractivity contribution is -0.384. The van der Waals surface area contributed by atoms with Crippen molar-refractivity contribution in [2.75, 3.05) is 12.0 Å². The van der Waals surface area contributed by atoms with Crippen LogP contribution >= 0.6 is 15.9 Å². The van der Waals surface area contributed by atoms with Gasteiger partial charge in [0.15, 0.2) is 23.1 Å². The maximum absolute atomic E-state index is 13.9. The molecule has 10 nitrogen and oxygen atoms in total. The maximum Gasteiger partial charge on any atom is 0.269 e. The number of allylic oxidation sites excluding steroid dienone is 6. The number of carbonyl (C=O) groups excluding carboxylic acids is 4. The zero-order valence-electron chi connectivity index (χ0n) is 21.0. The van der Waals surface area contributed by atoms with Gasteiger partial charge in [-0.25, -0.2) is 0 Å².